The number of para-hydroxylation sites is 1. The van der Waals surface area contributed by atoms with Gasteiger partial charge in [-0.15, -0.1) is 0 Å². The van der Waals surface area contributed by atoms with Gasteiger partial charge in [-0.3, -0.25) is 4.79 Å². The van der Waals surface area contributed by atoms with E-state index in [1.54, 1.807) is 68.6 Å². The second-order valence-corrected chi connectivity index (χ2v) is 7.70. The fourth-order valence-electron chi connectivity index (χ4n) is 3.80. The van der Waals surface area contributed by atoms with E-state index < -0.39 is 17.4 Å². The van der Waals surface area contributed by atoms with Gasteiger partial charge in [0.25, 0.3) is 5.56 Å². The van der Waals surface area contributed by atoms with Crippen molar-refractivity contribution in [2.75, 3.05) is 6.61 Å². The van der Waals surface area contributed by atoms with Gasteiger partial charge in [-0.25, -0.2) is 4.79 Å². The van der Waals surface area contributed by atoms with Gasteiger partial charge >= 0.3 is 5.97 Å². The van der Waals surface area contributed by atoms with Gasteiger partial charge < -0.3 is 24.9 Å². The standard InChI is InChI=1S/C24H21ClN2O5/c1-3-31-24(30)19-16(13-8-10-14(25)11-9-13)12-18(32-22(19)26)20-21(28)15-6-4-5-7-17(15)27(2)23(20)29/h4-12,16,28H,3,26H2,1-2H3. The maximum atomic E-state index is 13.1. The Labute approximate surface area is 188 Å². The molecule has 2 aromatic carbocycles. The lowest BCUT2D eigenvalue weighted by atomic mass is 9.88. The van der Waals surface area contributed by atoms with Crippen LogP contribution in [-0.4, -0.2) is 22.2 Å². The molecule has 0 aliphatic carbocycles. The summed E-state index contributed by atoms with van der Waals surface area (Å²) >= 11 is 6.02. The average Bonchev–Trinajstić information content (AvgIpc) is 2.78. The maximum absolute atomic E-state index is 13.1. The smallest absolute Gasteiger partial charge is 0.340 e. The van der Waals surface area contributed by atoms with Crippen molar-refractivity contribution in [3.63, 3.8) is 0 Å². The quantitative estimate of drug-likeness (QED) is 0.584. The lowest BCUT2D eigenvalue weighted by molar-refractivity contribution is -0.139. The van der Waals surface area contributed by atoms with Crippen molar-refractivity contribution >= 4 is 34.2 Å². The van der Waals surface area contributed by atoms with E-state index in [9.17, 15) is 14.7 Å². The molecule has 0 saturated heterocycles. The molecule has 3 N–H and O–H groups in total. The highest BCUT2D eigenvalue weighted by atomic mass is 35.5. The van der Waals surface area contributed by atoms with Crippen LogP contribution in [0.4, 0.5) is 0 Å². The number of ether oxygens (including phenoxy) is 2. The number of carbonyl (C=O) groups excluding carboxylic acids is 1. The highest BCUT2D eigenvalue weighted by Crippen LogP contribution is 2.40. The molecule has 164 valence electrons. The first kappa shape index (κ1) is 21.5. The normalized spacial score (nSPS) is 16.0. The Morgan fingerprint density at radius 1 is 1.22 bits per heavy atom. The van der Waals surface area contributed by atoms with Gasteiger partial charge in [-0.1, -0.05) is 35.9 Å². The molecule has 3 aromatic rings. The highest BCUT2D eigenvalue weighted by Gasteiger charge is 2.33. The fourth-order valence-corrected chi connectivity index (χ4v) is 3.93. The molecular weight excluding hydrogens is 432 g/mol. The molecule has 4 rings (SSSR count). The third-order valence-corrected chi connectivity index (χ3v) is 5.61. The summed E-state index contributed by atoms with van der Waals surface area (Å²) in [6.45, 7) is 1.85. The molecule has 0 fully saturated rings. The molecule has 0 spiro atoms. The highest BCUT2D eigenvalue weighted by molar-refractivity contribution is 6.30. The van der Waals surface area contributed by atoms with E-state index in [0.717, 1.165) is 0 Å². The number of aromatic hydroxyl groups is 1. The zero-order chi connectivity index (χ0) is 23.0. The molecule has 0 radical (unpaired) electrons. The topological polar surface area (TPSA) is 104 Å². The van der Waals surface area contributed by atoms with Crippen molar-refractivity contribution in [3.8, 4) is 5.75 Å². The Hall–Kier alpha value is -3.71. The summed E-state index contributed by atoms with van der Waals surface area (Å²) in [6, 6.07) is 13.8. The number of rotatable bonds is 4. The number of esters is 1. The van der Waals surface area contributed by atoms with E-state index in [2.05, 4.69) is 0 Å². The minimum atomic E-state index is -0.675. The number of allylic oxidation sites excluding steroid dienone is 1. The summed E-state index contributed by atoms with van der Waals surface area (Å²) in [5, 5.41) is 12.0. The lowest BCUT2D eigenvalue weighted by Gasteiger charge is -2.26. The third-order valence-electron chi connectivity index (χ3n) is 5.36. The van der Waals surface area contributed by atoms with Gasteiger partial charge in [-0.2, -0.15) is 0 Å². The summed E-state index contributed by atoms with van der Waals surface area (Å²) < 4.78 is 12.3. The summed E-state index contributed by atoms with van der Waals surface area (Å²) in [6.07, 6.45) is 1.58. The molecule has 0 amide bonds. The van der Waals surface area contributed by atoms with Crippen LogP contribution in [0.5, 0.6) is 5.75 Å². The monoisotopic (exact) mass is 452 g/mol. The summed E-state index contributed by atoms with van der Waals surface area (Å²) in [5.74, 6) is -1.67. The SMILES string of the molecule is CCOC(=O)C1=C(N)OC(c2c(O)c3ccccc3n(C)c2=O)=CC1c1ccc(Cl)cc1. The Morgan fingerprint density at radius 3 is 2.59 bits per heavy atom. The Bertz CT molecular complexity index is 1340. The number of nitrogens with zero attached hydrogens (tertiary/aromatic N) is 1. The van der Waals surface area contributed by atoms with Crippen LogP contribution in [-0.2, 0) is 21.3 Å². The van der Waals surface area contributed by atoms with Gasteiger partial charge in [0.2, 0.25) is 5.88 Å². The number of fused-ring (bicyclic) bond motifs is 1. The average molecular weight is 453 g/mol. The van der Waals surface area contributed by atoms with Gasteiger partial charge in [0.1, 0.15) is 22.6 Å². The Balaban J connectivity index is 1.93. The van der Waals surface area contributed by atoms with Crippen LogP contribution < -0.4 is 11.3 Å². The number of carbonyl (C=O) groups is 1. The molecule has 2 heterocycles. The molecular formula is C24H21ClN2O5. The molecule has 1 aromatic heterocycles. The number of hydrogen-bond acceptors (Lipinski definition) is 6. The number of benzene rings is 2. The number of halogens is 1. The van der Waals surface area contributed by atoms with E-state index in [1.165, 1.54) is 4.57 Å². The predicted molar refractivity (Wildman–Crippen MR) is 122 cm³/mol. The molecule has 1 aliphatic rings. The van der Waals surface area contributed by atoms with Gasteiger partial charge in [-0.05, 0) is 42.8 Å². The van der Waals surface area contributed by atoms with Crippen LogP contribution in [0.15, 0.2) is 70.9 Å². The minimum absolute atomic E-state index is 0.0453. The zero-order valence-corrected chi connectivity index (χ0v) is 18.2. The second kappa shape index (κ2) is 8.43. The summed E-state index contributed by atoms with van der Waals surface area (Å²) in [7, 11) is 1.61. The van der Waals surface area contributed by atoms with Crippen LogP contribution in [0.2, 0.25) is 5.02 Å². The maximum Gasteiger partial charge on any atom is 0.340 e. The number of nitrogens with two attached hydrogens (primary N) is 1. The van der Waals surface area contributed by atoms with Crippen molar-refractivity contribution in [2.45, 2.75) is 12.8 Å². The van der Waals surface area contributed by atoms with Crippen molar-refractivity contribution in [1.29, 1.82) is 0 Å². The number of aryl methyl sites for hydroxylation is 1. The number of pyridine rings is 1. The minimum Gasteiger partial charge on any atom is -0.506 e. The van der Waals surface area contributed by atoms with Crippen molar-refractivity contribution < 1.29 is 19.4 Å². The van der Waals surface area contributed by atoms with E-state index in [1.807, 2.05) is 0 Å². The van der Waals surface area contributed by atoms with Gasteiger partial charge in [0.05, 0.1) is 12.1 Å². The lowest BCUT2D eigenvalue weighted by Crippen LogP contribution is -2.27. The molecule has 32 heavy (non-hydrogen) atoms. The largest absolute Gasteiger partial charge is 0.506 e. The molecule has 1 aliphatic heterocycles. The predicted octanol–water partition coefficient (Wildman–Crippen LogP) is 3.79. The Kier molecular flexibility index (Phi) is 5.67. The number of hydrogen-bond donors (Lipinski definition) is 2. The zero-order valence-electron chi connectivity index (χ0n) is 17.5. The van der Waals surface area contributed by atoms with Gasteiger partial charge in [0.15, 0.2) is 0 Å². The van der Waals surface area contributed by atoms with E-state index in [4.69, 9.17) is 26.8 Å². The van der Waals surface area contributed by atoms with Crippen LogP contribution in [0.3, 0.4) is 0 Å². The molecule has 7 nitrogen and oxygen atoms in total. The van der Waals surface area contributed by atoms with Crippen LogP contribution in [0.1, 0.15) is 24.0 Å². The first-order valence-electron chi connectivity index (χ1n) is 9.96. The van der Waals surface area contributed by atoms with Crippen LogP contribution in [0.25, 0.3) is 16.7 Å². The fraction of sp³-hybridized carbons (Fsp3) is 0.167. The van der Waals surface area contributed by atoms with Crippen molar-refractivity contribution in [3.05, 3.63) is 92.6 Å². The molecule has 1 unspecified atom stereocenters. The van der Waals surface area contributed by atoms with E-state index >= 15 is 0 Å². The summed E-state index contributed by atoms with van der Waals surface area (Å²) in [4.78, 5) is 25.8. The molecule has 0 bridgehead atoms. The van der Waals surface area contributed by atoms with E-state index in [-0.39, 0.29) is 35.1 Å². The van der Waals surface area contributed by atoms with Crippen LogP contribution >= 0.6 is 11.6 Å². The van der Waals surface area contributed by atoms with E-state index in [0.29, 0.717) is 21.5 Å². The van der Waals surface area contributed by atoms with Crippen molar-refractivity contribution in [2.24, 2.45) is 12.8 Å². The third kappa shape index (κ3) is 3.61. The Morgan fingerprint density at radius 2 is 1.91 bits per heavy atom. The van der Waals surface area contributed by atoms with Crippen molar-refractivity contribution in [1.82, 2.24) is 4.57 Å². The number of aromatic nitrogens is 1. The first-order valence-corrected chi connectivity index (χ1v) is 10.3. The summed E-state index contributed by atoms with van der Waals surface area (Å²) in [5.41, 5.74) is 7.01. The molecule has 0 saturated carbocycles. The molecule has 8 heteroatoms. The van der Waals surface area contributed by atoms with Crippen LogP contribution in [0, 0.1) is 0 Å². The first-order chi connectivity index (χ1) is 15.3. The van der Waals surface area contributed by atoms with Gasteiger partial charge in [0, 0.05) is 23.4 Å². The second-order valence-electron chi connectivity index (χ2n) is 7.27. The molecule has 1 atom stereocenters.